The van der Waals surface area contributed by atoms with Crippen molar-refractivity contribution in [2.45, 2.75) is 20.0 Å². The van der Waals surface area contributed by atoms with E-state index in [9.17, 15) is 0 Å². The van der Waals surface area contributed by atoms with Crippen LogP contribution in [0.4, 0.5) is 0 Å². The monoisotopic (exact) mass is 284 g/mol. The predicted octanol–water partition coefficient (Wildman–Crippen LogP) is 2.23. The molecule has 2 aromatic carbocycles. The van der Waals surface area contributed by atoms with Crippen molar-refractivity contribution in [3.63, 3.8) is 0 Å². The lowest BCUT2D eigenvalue weighted by molar-refractivity contribution is 0.253. The van der Waals surface area contributed by atoms with Gasteiger partial charge in [-0.1, -0.05) is 24.3 Å². The minimum atomic E-state index is -0.0955. The molecule has 0 saturated heterocycles. The number of hydrogen-bond donors (Lipinski definition) is 0. The second-order valence-corrected chi connectivity index (χ2v) is 5.11. The molecule has 0 unspecified atom stereocenters. The third kappa shape index (κ3) is 4.02. The molecule has 0 spiro atoms. The number of hydrogen-bond acceptors (Lipinski definition) is 3. The van der Waals surface area contributed by atoms with Crippen LogP contribution in [0.3, 0.4) is 0 Å². The Morgan fingerprint density at radius 2 is 1.10 bits per heavy atom. The van der Waals surface area contributed by atoms with E-state index in [1.165, 1.54) is 0 Å². The normalized spacial score (nSPS) is 10.5. The van der Waals surface area contributed by atoms with Crippen molar-refractivity contribution in [3.8, 4) is 11.5 Å². The average Bonchev–Trinajstić information content (AvgIpc) is 2.53. The third-order valence-corrected chi connectivity index (χ3v) is 3.25. The summed E-state index contributed by atoms with van der Waals surface area (Å²) in [5.41, 5.74) is 2.21. The van der Waals surface area contributed by atoms with Gasteiger partial charge in [0.25, 0.3) is 0 Å². The van der Waals surface area contributed by atoms with E-state index in [0.717, 1.165) is 22.4 Å². The molecule has 2 aromatic rings. The fraction of sp³-hybridized carbons (Fsp3) is 0.294. The van der Waals surface area contributed by atoms with Crippen molar-refractivity contribution >= 4 is 17.8 Å². The molecule has 0 aromatic heterocycles. The lowest BCUT2D eigenvalue weighted by Gasteiger charge is -2.18. The van der Waals surface area contributed by atoms with E-state index in [0.29, 0.717) is 0 Å². The Hall–Kier alpha value is -1.94. The molecule has 2 rings (SSSR count). The Bertz CT molecular complexity index is 502. The largest absolute Gasteiger partial charge is 0.497 e. The maximum atomic E-state index is 6.09. The van der Waals surface area contributed by atoms with Crippen LogP contribution in [0.5, 0.6) is 11.5 Å². The Morgan fingerprint density at radius 1 is 0.714 bits per heavy atom. The zero-order valence-electron chi connectivity index (χ0n) is 13.0. The van der Waals surface area contributed by atoms with E-state index in [2.05, 4.69) is 0 Å². The average molecular weight is 284 g/mol. The Kier molecular flexibility index (Phi) is 5.29. The molecule has 0 heterocycles. The van der Waals surface area contributed by atoms with Gasteiger partial charge in [0.05, 0.1) is 14.2 Å². The van der Waals surface area contributed by atoms with E-state index < -0.39 is 0 Å². The molecule has 0 amide bonds. The fourth-order valence-electron chi connectivity index (χ4n) is 2.18. The maximum absolute atomic E-state index is 6.09. The van der Waals surface area contributed by atoms with Crippen molar-refractivity contribution in [1.29, 1.82) is 0 Å². The van der Waals surface area contributed by atoms with Crippen LogP contribution >= 0.6 is 0 Å². The topological polar surface area (TPSA) is 27.7 Å². The van der Waals surface area contributed by atoms with Crippen LogP contribution in [-0.4, -0.2) is 27.2 Å². The summed E-state index contributed by atoms with van der Waals surface area (Å²) in [6.07, 6.45) is 0.138. The van der Waals surface area contributed by atoms with Gasteiger partial charge in [-0.25, -0.2) is 0 Å². The van der Waals surface area contributed by atoms with Crippen LogP contribution < -0.4 is 20.4 Å². The SMILES string of the molecule is COc1ccc(B(OC(C)C)c2ccc(OC)cc2)cc1. The molecule has 21 heavy (non-hydrogen) atoms. The zero-order valence-corrected chi connectivity index (χ0v) is 13.0. The van der Waals surface area contributed by atoms with Gasteiger partial charge in [0.1, 0.15) is 11.5 Å². The minimum Gasteiger partial charge on any atom is -0.497 e. The molecule has 0 atom stereocenters. The minimum absolute atomic E-state index is 0.0955. The van der Waals surface area contributed by atoms with E-state index in [1.807, 2.05) is 62.4 Å². The smallest absolute Gasteiger partial charge is 0.361 e. The van der Waals surface area contributed by atoms with Gasteiger partial charge >= 0.3 is 6.92 Å². The Balaban J connectivity index is 2.31. The van der Waals surface area contributed by atoms with Crippen molar-refractivity contribution in [3.05, 3.63) is 48.5 Å². The number of ether oxygens (including phenoxy) is 2. The number of rotatable bonds is 6. The predicted molar refractivity (Wildman–Crippen MR) is 87.2 cm³/mol. The highest BCUT2D eigenvalue weighted by Gasteiger charge is 2.22. The fourth-order valence-corrected chi connectivity index (χ4v) is 2.18. The van der Waals surface area contributed by atoms with Crippen molar-refractivity contribution in [1.82, 2.24) is 0 Å². The summed E-state index contributed by atoms with van der Waals surface area (Å²) in [4.78, 5) is 0. The lowest BCUT2D eigenvalue weighted by Crippen LogP contribution is -2.46. The second kappa shape index (κ2) is 7.18. The van der Waals surface area contributed by atoms with Crippen molar-refractivity contribution in [2.24, 2.45) is 0 Å². The zero-order chi connectivity index (χ0) is 15.2. The molecule has 0 N–H and O–H groups in total. The first-order valence-electron chi connectivity index (χ1n) is 7.07. The lowest BCUT2D eigenvalue weighted by atomic mass is 9.55. The van der Waals surface area contributed by atoms with Gasteiger partial charge < -0.3 is 14.1 Å². The molecule has 0 saturated carbocycles. The Labute approximate surface area is 127 Å². The first-order valence-corrected chi connectivity index (χ1v) is 7.07. The highest BCUT2D eigenvalue weighted by molar-refractivity contribution is 6.80. The maximum Gasteiger partial charge on any atom is 0.361 e. The summed E-state index contributed by atoms with van der Waals surface area (Å²) in [5.74, 6) is 1.69. The second-order valence-electron chi connectivity index (χ2n) is 5.11. The first kappa shape index (κ1) is 15.5. The van der Waals surface area contributed by atoms with Crippen LogP contribution in [0.2, 0.25) is 0 Å². The van der Waals surface area contributed by atoms with E-state index >= 15 is 0 Å². The summed E-state index contributed by atoms with van der Waals surface area (Å²) in [6, 6.07) is 16.0. The van der Waals surface area contributed by atoms with Crippen LogP contribution in [0.1, 0.15) is 13.8 Å². The van der Waals surface area contributed by atoms with Crippen LogP contribution in [-0.2, 0) is 4.65 Å². The van der Waals surface area contributed by atoms with Gasteiger partial charge in [-0.05, 0) is 49.0 Å². The van der Waals surface area contributed by atoms with E-state index in [-0.39, 0.29) is 13.0 Å². The molecule has 0 bridgehead atoms. The Morgan fingerprint density at radius 3 is 1.38 bits per heavy atom. The van der Waals surface area contributed by atoms with Gasteiger partial charge in [0, 0.05) is 6.10 Å². The summed E-state index contributed by atoms with van der Waals surface area (Å²) < 4.78 is 16.5. The van der Waals surface area contributed by atoms with Gasteiger partial charge in [-0.2, -0.15) is 0 Å². The highest BCUT2D eigenvalue weighted by Crippen LogP contribution is 2.10. The molecule has 3 nitrogen and oxygen atoms in total. The van der Waals surface area contributed by atoms with E-state index in [4.69, 9.17) is 14.1 Å². The molecule has 110 valence electrons. The molecular formula is C17H21BO3. The molecule has 0 aliphatic carbocycles. The summed E-state index contributed by atoms with van der Waals surface area (Å²) in [5, 5.41) is 0. The van der Waals surface area contributed by atoms with E-state index in [1.54, 1.807) is 14.2 Å². The number of benzene rings is 2. The standard InChI is InChI=1S/C17H21BO3/c1-13(2)21-18(14-5-9-16(19-3)10-6-14)15-7-11-17(20-4)12-8-15/h5-13H,1-4H3. The third-order valence-electron chi connectivity index (χ3n) is 3.25. The molecular weight excluding hydrogens is 263 g/mol. The summed E-state index contributed by atoms with van der Waals surface area (Å²) in [7, 11) is 3.33. The molecule has 0 aliphatic rings. The van der Waals surface area contributed by atoms with Crippen LogP contribution in [0.25, 0.3) is 0 Å². The van der Waals surface area contributed by atoms with Gasteiger partial charge in [-0.3, -0.25) is 0 Å². The number of methoxy groups -OCH3 is 2. The van der Waals surface area contributed by atoms with Gasteiger partial charge in [-0.15, -0.1) is 0 Å². The highest BCUT2D eigenvalue weighted by atomic mass is 16.5. The van der Waals surface area contributed by atoms with Crippen molar-refractivity contribution in [2.75, 3.05) is 14.2 Å². The first-order chi connectivity index (χ1) is 10.1. The summed E-state index contributed by atoms with van der Waals surface area (Å²) >= 11 is 0. The van der Waals surface area contributed by atoms with Crippen LogP contribution in [0, 0.1) is 0 Å². The molecule has 0 aliphatic heterocycles. The van der Waals surface area contributed by atoms with Crippen molar-refractivity contribution < 1.29 is 14.1 Å². The van der Waals surface area contributed by atoms with Gasteiger partial charge in [0.2, 0.25) is 0 Å². The molecule has 4 heteroatoms. The quantitative estimate of drug-likeness (QED) is 0.761. The molecule has 0 fully saturated rings. The van der Waals surface area contributed by atoms with Gasteiger partial charge in [0.15, 0.2) is 0 Å². The molecule has 0 radical (unpaired) electrons. The van der Waals surface area contributed by atoms with Crippen LogP contribution in [0.15, 0.2) is 48.5 Å². The summed E-state index contributed by atoms with van der Waals surface area (Å²) in [6.45, 7) is 3.99.